The maximum absolute atomic E-state index is 12.8. The van der Waals surface area contributed by atoms with Gasteiger partial charge in [-0.15, -0.1) is 0 Å². The van der Waals surface area contributed by atoms with E-state index in [9.17, 15) is 19.7 Å². The topological polar surface area (TPSA) is 60.7 Å². The first-order chi connectivity index (χ1) is 7.06. The molecule has 5 heteroatoms. The second kappa shape index (κ2) is 5.34. The van der Waals surface area contributed by atoms with Crippen molar-refractivity contribution in [1.82, 2.24) is 0 Å². The molecule has 0 saturated carbocycles. The molecule has 0 fully saturated rings. The van der Waals surface area contributed by atoms with Crippen LogP contribution in [0.5, 0.6) is 5.75 Å². The lowest BCUT2D eigenvalue weighted by Gasteiger charge is -2.18. The van der Waals surface area contributed by atoms with Crippen molar-refractivity contribution in [2.45, 2.75) is 18.6 Å². The van der Waals surface area contributed by atoms with Crippen LogP contribution in [0.25, 0.3) is 0 Å². The van der Waals surface area contributed by atoms with Crippen LogP contribution in [0.4, 0.5) is 4.39 Å². The third-order valence-corrected chi connectivity index (χ3v) is 2.36. The maximum atomic E-state index is 12.8. The summed E-state index contributed by atoms with van der Waals surface area (Å²) in [5.41, 5.74) is -0.00992. The Morgan fingerprint density at radius 2 is 2.00 bits per heavy atom. The molecule has 1 aromatic rings. The van der Waals surface area contributed by atoms with E-state index in [2.05, 4.69) is 12.6 Å². The molecule has 0 bridgehead atoms. The Balaban J connectivity index is 2.89. The van der Waals surface area contributed by atoms with Gasteiger partial charge in [-0.05, 0) is 30.4 Å². The summed E-state index contributed by atoms with van der Waals surface area (Å²) in [5, 5.41) is 28.4. The summed E-state index contributed by atoms with van der Waals surface area (Å²) in [7, 11) is 0. The first kappa shape index (κ1) is 12.3. The van der Waals surface area contributed by atoms with Gasteiger partial charge in [-0.2, -0.15) is 12.6 Å². The van der Waals surface area contributed by atoms with E-state index in [1.807, 2.05) is 0 Å². The fraction of sp³-hybridized carbons (Fsp3) is 0.400. The highest BCUT2D eigenvalue weighted by molar-refractivity contribution is 7.80. The predicted octanol–water partition coefficient (Wildman–Crippen LogP) is 1.25. The number of hydrogen-bond acceptors (Lipinski definition) is 4. The number of halogens is 1. The number of thiol groups is 1. The lowest BCUT2D eigenvalue weighted by molar-refractivity contribution is 0.0157. The van der Waals surface area contributed by atoms with Crippen LogP contribution >= 0.6 is 12.6 Å². The van der Waals surface area contributed by atoms with Crippen LogP contribution in [0.15, 0.2) is 18.2 Å². The summed E-state index contributed by atoms with van der Waals surface area (Å²) in [6.45, 7) is 0. The smallest absolute Gasteiger partial charge is 0.123 e. The molecule has 0 radical (unpaired) electrons. The number of hydrogen-bond donors (Lipinski definition) is 4. The Morgan fingerprint density at radius 1 is 1.33 bits per heavy atom. The molecule has 3 nitrogen and oxygen atoms in total. The third kappa shape index (κ3) is 3.09. The molecule has 0 aliphatic carbocycles. The number of aromatic hydroxyl groups is 1. The Bertz CT molecular complexity index is 332. The molecule has 0 saturated heterocycles. The van der Waals surface area contributed by atoms with Crippen molar-refractivity contribution in [2.75, 3.05) is 5.75 Å². The highest BCUT2D eigenvalue weighted by Gasteiger charge is 2.21. The molecule has 1 aromatic carbocycles. The normalized spacial score (nSPS) is 14.9. The van der Waals surface area contributed by atoms with E-state index in [0.717, 1.165) is 18.2 Å². The lowest BCUT2D eigenvalue weighted by atomic mass is 10.0. The summed E-state index contributed by atoms with van der Waals surface area (Å²) in [6.07, 6.45) is -2.09. The Labute approximate surface area is 92.6 Å². The first-order valence-corrected chi connectivity index (χ1v) is 5.15. The van der Waals surface area contributed by atoms with Gasteiger partial charge in [-0.1, -0.05) is 0 Å². The van der Waals surface area contributed by atoms with Crippen molar-refractivity contribution in [3.05, 3.63) is 29.6 Å². The summed E-state index contributed by atoms with van der Waals surface area (Å²) in [6, 6.07) is 3.22. The quantitative estimate of drug-likeness (QED) is 0.591. The van der Waals surface area contributed by atoms with Crippen molar-refractivity contribution < 1.29 is 19.7 Å². The van der Waals surface area contributed by atoms with Crippen molar-refractivity contribution in [3.63, 3.8) is 0 Å². The van der Waals surface area contributed by atoms with Crippen molar-refractivity contribution in [1.29, 1.82) is 0 Å². The molecule has 1 rings (SSSR count). The van der Waals surface area contributed by atoms with E-state index in [1.165, 1.54) is 0 Å². The second-order valence-corrected chi connectivity index (χ2v) is 3.67. The van der Waals surface area contributed by atoms with Gasteiger partial charge in [0.2, 0.25) is 0 Å². The Hall–Kier alpha value is -0.780. The van der Waals surface area contributed by atoms with Gasteiger partial charge < -0.3 is 15.3 Å². The molecule has 2 atom stereocenters. The van der Waals surface area contributed by atoms with Crippen molar-refractivity contribution in [2.24, 2.45) is 0 Å². The third-order valence-electron chi connectivity index (χ3n) is 2.10. The SMILES string of the molecule is Oc1ccc(F)cc1C(O)C(O)CCS. The van der Waals surface area contributed by atoms with Gasteiger partial charge in [0, 0.05) is 5.56 Å². The molecule has 0 amide bonds. The summed E-state index contributed by atoms with van der Waals surface area (Å²) in [5.74, 6) is -0.407. The van der Waals surface area contributed by atoms with Gasteiger partial charge in [0.15, 0.2) is 0 Å². The molecule has 0 spiro atoms. The maximum Gasteiger partial charge on any atom is 0.123 e. The molecular formula is C10H13FO3S. The summed E-state index contributed by atoms with van der Waals surface area (Å²) in [4.78, 5) is 0. The number of phenols is 1. The van der Waals surface area contributed by atoms with Gasteiger partial charge in [0.05, 0.1) is 6.10 Å². The minimum atomic E-state index is -1.30. The monoisotopic (exact) mass is 232 g/mol. The number of phenolic OH excluding ortho intramolecular Hbond substituents is 1. The Morgan fingerprint density at radius 3 is 2.60 bits per heavy atom. The van der Waals surface area contributed by atoms with Gasteiger partial charge in [-0.3, -0.25) is 0 Å². The average molecular weight is 232 g/mol. The van der Waals surface area contributed by atoms with E-state index in [1.54, 1.807) is 0 Å². The highest BCUT2D eigenvalue weighted by Crippen LogP contribution is 2.28. The van der Waals surface area contributed by atoms with Crippen LogP contribution < -0.4 is 0 Å². The number of benzene rings is 1. The van der Waals surface area contributed by atoms with Crippen LogP contribution in [0.2, 0.25) is 0 Å². The standard InChI is InChI=1S/C10H13FO3S/c11-6-1-2-8(12)7(5-6)10(14)9(13)3-4-15/h1-2,5,9-10,12-15H,3-4H2. The van der Waals surface area contributed by atoms with E-state index in [4.69, 9.17) is 0 Å². The predicted molar refractivity (Wildman–Crippen MR) is 57.5 cm³/mol. The zero-order valence-corrected chi connectivity index (χ0v) is 8.86. The summed E-state index contributed by atoms with van der Waals surface area (Å²) < 4.78 is 12.8. The van der Waals surface area contributed by atoms with Crippen molar-refractivity contribution >= 4 is 12.6 Å². The molecule has 84 valence electrons. The van der Waals surface area contributed by atoms with E-state index in [-0.39, 0.29) is 17.7 Å². The van der Waals surface area contributed by atoms with Crippen LogP contribution in [-0.2, 0) is 0 Å². The molecule has 3 N–H and O–H groups in total. The molecule has 0 aromatic heterocycles. The average Bonchev–Trinajstić information content (AvgIpc) is 2.21. The largest absolute Gasteiger partial charge is 0.508 e. The second-order valence-electron chi connectivity index (χ2n) is 3.23. The summed E-state index contributed by atoms with van der Waals surface area (Å²) >= 11 is 3.91. The molecule has 0 aliphatic heterocycles. The molecule has 2 unspecified atom stereocenters. The minimum absolute atomic E-state index is 0.00992. The number of aliphatic hydroxyl groups is 2. The Kier molecular flexibility index (Phi) is 4.38. The molecular weight excluding hydrogens is 219 g/mol. The number of aliphatic hydroxyl groups excluding tert-OH is 2. The lowest BCUT2D eigenvalue weighted by Crippen LogP contribution is -2.18. The van der Waals surface area contributed by atoms with E-state index in [0.29, 0.717) is 5.75 Å². The van der Waals surface area contributed by atoms with Crippen LogP contribution in [0.3, 0.4) is 0 Å². The van der Waals surface area contributed by atoms with Crippen LogP contribution in [0.1, 0.15) is 18.1 Å². The highest BCUT2D eigenvalue weighted by atomic mass is 32.1. The first-order valence-electron chi connectivity index (χ1n) is 4.51. The van der Waals surface area contributed by atoms with Gasteiger partial charge in [-0.25, -0.2) is 4.39 Å². The zero-order valence-electron chi connectivity index (χ0n) is 7.97. The zero-order chi connectivity index (χ0) is 11.4. The van der Waals surface area contributed by atoms with E-state index < -0.39 is 18.0 Å². The van der Waals surface area contributed by atoms with Gasteiger partial charge in [0.25, 0.3) is 0 Å². The molecule has 15 heavy (non-hydrogen) atoms. The van der Waals surface area contributed by atoms with Gasteiger partial charge >= 0.3 is 0 Å². The van der Waals surface area contributed by atoms with Crippen LogP contribution in [0, 0.1) is 5.82 Å². The number of rotatable bonds is 4. The van der Waals surface area contributed by atoms with Crippen molar-refractivity contribution in [3.8, 4) is 5.75 Å². The molecule has 0 aliphatic rings. The fourth-order valence-electron chi connectivity index (χ4n) is 1.26. The van der Waals surface area contributed by atoms with E-state index >= 15 is 0 Å². The van der Waals surface area contributed by atoms with Crippen LogP contribution in [-0.4, -0.2) is 27.2 Å². The molecule has 0 heterocycles. The fourth-order valence-corrected chi connectivity index (χ4v) is 1.52. The minimum Gasteiger partial charge on any atom is -0.508 e. The van der Waals surface area contributed by atoms with Gasteiger partial charge in [0.1, 0.15) is 17.7 Å².